The second-order valence-corrected chi connectivity index (χ2v) is 8.04. The summed E-state index contributed by atoms with van der Waals surface area (Å²) in [4.78, 5) is 26.9. The van der Waals surface area contributed by atoms with Gasteiger partial charge in [-0.2, -0.15) is 0 Å². The summed E-state index contributed by atoms with van der Waals surface area (Å²) in [6.45, 7) is 5.84. The van der Waals surface area contributed by atoms with Gasteiger partial charge in [0.1, 0.15) is 11.4 Å². The van der Waals surface area contributed by atoms with Gasteiger partial charge in [-0.25, -0.2) is 9.59 Å². The van der Waals surface area contributed by atoms with Gasteiger partial charge < -0.3 is 14.4 Å². The van der Waals surface area contributed by atoms with E-state index in [1.54, 1.807) is 49.1 Å². The first-order valence-electron chi connectivity index (χ1n) is 8.83. The standard InChI is InChI=1S/C21H26N2O4S/c1-21(2,3)27-20(25)23(4)14-15-13-16(11-12-18(15)28-5)22-19(24)26-17-9-7-6-8-10-17/h6-13H,14H2,1-5H3,(H,22,24). The lowest BCUT2D eigenvalue weighted by molar-refractivity contribution is 0.0284. The predicted octanol–water partition coefficient (Wildman–Crippen LogP) is 5.39. The highest BCUT2D eigenvalue weighted by molar-refractivity contribution is 7.98. The number of rotatable bonds is 5. The third kappa shape index (κ3) is 6.81. The van der Waals surface area contributed by atoms with Crippen LogP contribution in [0.15, 0.2) is 53.4 Å². The highest BCUT2D eigenvalue weighted by Gasteiger charge is 2.20. The van der Waals surface area contributed by atoms with E-state index in [1.807, 2.05) is 45.2 Å². The molecule has 0 aliphatic rings. The second-order valence-electron chi connectivity index (χ2n) is 7.19. The van der Waals surface area contributed by atoms with E-state index in [1.165, 1.54) is 4.90 Å². The maximum absolute atomic E-state index is 12.2. The Hall–Kier alpha value is -2.67. The molecule has 0 spiro atoms. The second kappa shape index (κ2) is 9.50. The van der Waals surface area contributed by atoms with Gasteiger partial charge in [-0.15, -0.1) is 11.8 Å². The maximum atomic E-state index is 12.2. The van der Waals surface area contributed by atoms with Gasteiger partial charge in [0.15, 0.2) is 0 Å². The lowest BCUT2D eigenvalue weighted by atomic mass is 10.2. The van der Waals surface area contributed by atoms with Crippen LogP contribution in [0.1, 0.15) is 26.3 Å². The molecule has 0 aliphatic heterocycles. The Balaban J connectivity index is 2.08. The molecule has 0 aromatic heterocycles. The topological polar surface area (TPSA) is 67.9 Å². The third-order valence-electron chi connectivity index (χ3n) is 3.59. The van der Waals surface area contributed by atoms with Crippen LogP contribution < -0.4 is 10.1 Å². The van der Waals surface area contributed by atoms with Crippen molar-refractivity contribution in [3.63, 3.8) is 0 Å². The molecule has 0 saturated heterocycles. The molecule has 2 aromatic rings. The van der Waals surface area contributed by atoms with Crippen molar-refractivity contribution in [1.29, 1.82) is 0 Å². The molecule has 2 rings (SSSR count). The third-order valence-corrected chi connectivity index (χ3v) is 4.43. The van der Waals surface area contributed by atoms with E-state index < -0.39 is 17.8 Å². The number of hydrogen-bond donors (Lipinski definition) is 1. The highest BCUT2D eigenvalue weighted by Crippen LogP contribution is 2.26. The van der Waals surface area contributed by atoms with E-state index in [0.717, 1.165) is 10.5 Å². The zero-order valence-corrected chi connectivity index (χ0v) is 17.6. The summed E-state index contributed by atoms with van der Waals surface area (Å²) in [7, 11) is 1.68. The molecule has 2 aromatic carbocycles. The molecule has 0 aliphatic carbocycles. The number of carbonyl (C=O) groups excluding carboxylic acids is 2. The van der Waals surface area contributed by atoms with Gasteiger partial charge in [0.25, 0.3) is 0 Å². The average Bonchev–Trinajstić information content (AvgIpc) is 2.61. The fraction of sp³-hybridized carbons (Fsp3) is 0.333. The molecule has 0 unspecified atom stereocenters. The Kier molecular flexibility index (Phi) is 7.34. The molecule has 0 fully saturated rings. The zero-order chi connectivity index (χ0) is 20.7. The van der Waals surface area contributed by atoms with Gasteiger partial charge in [0, 0.05) is 24.2 Å². The van der Waals surface area contributed by atoms with Crippen LogP contribution in [-0.2, 0) is 11.3 Å². The summed E-state index contributed by atoms with van der Waals surface area (Å²) < 4.78 is 10.6. The highest BCUT2D eigenvalue weighted by atomic mass is 32.2. The smallest absolute Gasteiger partial charge is 0.417 e. The van der Waals surface area contributed by atoms with Crippen molar-refractivity contribution >= 4 is 29.6 Å². The molecule has 28 heavy (non-hydrogen) atoms. The molecule has 0 heterocycles. The van der Waals surface area contributed by atoms with E-state index in [0.29, 0.717) is 18.0 Å². The van der Waals surface area contributed by atoms with E-state index >= 15 is 0 Å². The van der Waals surface area contributed by atoms with Crippen molar-refractivity contribution in [2.45, 2.75) is 37.8 Å². The van der Waals surface area contributed by atoms with E-state index in [9.17, 15) is 9.59 Å². The monoisotopic (exact) mass is 402 g/mol. The molecule has 150 valence electrons. The zero-order valence-electron chi connectivity index (χ0n) is 16.8. The molecular formula is C21H26N2O4S. The molecule has 6 nitrogen and oxygen atoms in total. The fourth-order valence-corrected chi connectivity index (χ4v) is 2.97. The van der Waals surface area contributed by atoms with Crippen molar-refractivity contribution in [2.24, 2.45) is 0 Å². The lowest BCUT2D eigenvalue weighted by Crippen LogP contribution is -2.33. The van der Waals surface area contributed by atoms with Gasteiger partial charge >= 0.3 is 12.2 Å². The van der Waals surface area contributed by atoms with Crippen LogP contribution in [0.5, 0.6) is 5.75 Å². The first kappa shape index (κ1) is 21.6. The lowest BCUT2D eigenvalue weighted by Gasteiger charge is -2.25. The SMILES string of the molecule is CSc1ccc(NC(=O)Oc2ccccc2)cc1CN(C)C(=O)OC(C)(C)C. The molecule has 7 heteroatoms. The number of hydrogen-bond acceptors (Lipinski definition) is 5. The molecule has 1 N–H and O–H groups in total. The van der Waals surface area contributed by atoms with Crippen LogP contribution in [0.2, 0.25) is 0 Å². The molecule has 0 saturated carbocycles. The van der Waals surface area contributed by atoms with Crippen LogP contribution in [0.4, 0.5) is 15.3 Å². The van der Waals surface area contributed by atoms with Crippen LogP contribution in [-0.4, -0.2) is 36.0 Å². The first-order chi connectivity index (χ1) is 13.2. The Morgan fingerprint density at radius 3 is 2.39 bits per heavy atom. The summed E-state index contributed by atoms with van der Waals surface area (Å²) in [5.41, 5.74) is 0.933. The van der Waals surface area contributed by atoms with Crippen molar-refractivity contribution < 1.29 is 19.1 Å². The van der Waals surface area contributed by atoms with Crippen LogP contribution in [0.3, 0.4) is 0 Å². The van der Waals surface area contributed by atoms with Crippen molar-refractivity contribution in [2.75, 3.05) is 18.6 Å². The summed E-state index contributed by atoms with van der Waals surface area (Å²) in [6.07, 6.45) is 0.985. The first-order valence-corrected chi connectivity index (χ1v) is 10.1. The Bertz CT molecular complexity index is 819. The van der Waals surface area contributed by atoms with Gasteiger partial charge in [-0.3, -0.25) is 5.32 Å². The summed E-state index contributed by atoms with van der Waals surface area (Å²) in [5, 5.41) is 2.72. The van der Waals surface area contributed by atoms with Crippen molar-refractivity contribution in [1.82, 2.24) is 4.90 Å². The minimum Gasteiger partial charge on any atom is -0.444 e. The fourth-order valence-electron chi connectivity index (χ4n) is 2.38. The largest absolute Gasteiger partial charge is 0.444 e. The van der Waals surface area contributed by atoms with Gasteiger partial charge in [0.2, 0.25) is 0 Å². The Morgan fingerprint density at radius 2 is 1.79 bits per heavy atom. The van der Waals surface area contributed by atoms with E-state index in [-0.39, 0.29) is 0 Å². The molecule has 0 atom stereocenters. The number of benzene rings is 2. The van der Waals surface area contributed by atoms with Crippen LogP contribution >= 0.6 is 11.8 Å². The van der Waals surface area contributed by atoms with Crippen LogP contribution in [0.25, 0.3) is 0 Å². The normalized spacial score (nSPS) is 10.9. The number of para-hydroxylation sites is 1. The van der Waals surface area contributed by atoms with Gasteiger partial charge in [-0.05, 0) is 62.9 Å². The summed E-state index contributed by atoms with van der Waals surface area (Å²) in [6, 6.07) is 14.4. The minimum absolute atomic E-state index is 0.355. The Morgan fingerprint density at radius 1 is 1.11 bits per heavy atom. The maximum Gasteiger partial charge on any atom is 0.417 e. The predicted molar refractivity (Wildman–Crippen MR) is 112 cm³/mol. The Labute approximate surface area is 170 Å². The number of thioether (sulfide) groups is 1. The van der Waals surface area contributed by atoms with Crippen LogP contribution in [0, 0.1) is 0 Å². The number of amides is 2. The van der Waals surface area contributed by atoms with Crippen molar-refractivity contribution in [3.8, 4) is 5.75 Å². The quantitative estimate of drug-likeness (QED) is 0.680. The van der Waals surface area contributed by atoms with E-state index in [2.05, 4.69) is 5.32 Å². The molecular weight excluding hydrogens is 376 g/mol. The molecule has 2 amide bonds. The van der Waals surface area contributed by atoms with E-state index in [4.69, 9.17) is 9.47 Å². The summed E-state index contributed by atoms with van der Waals surface area (Å²) in [5.74, 6) is 0.464. The number of ether oxygens (including phenoxy) is 2. The van der Waals surface area contributed by atoms with Gasteiger partial charge in [0.05, 0.1) is 0 Å². The number of anilines is 1. The number of nitrogens with zero attached hydrogens (tertiary/aromatic N) is 1. The summed E-state index contributed by atoms with van der Waals surface area (Å²) >= 11 is 1.57. The molecule has 0 bridgehead atoms. The molecule has 0 radical (unpaired) electrons. The van der Waals surface area contributed by atoms with Crippen molar-refractivity contribution in [3.05, 3.63) is 54.1 Å². The minimum atomic E-state index is -0.574. The average molecular weight is 403 g/mol. The number of carbonyl (C=O) groups is 2. The van der Waals surface area contributed by atoms with Gasteiger partial charge in [-0.1, -0.05) is 18.2 Å². The number of nitrogens with one attached hydrogen (secondary N) is 1.